The number of hydrogen-bond donors (Lipinski definition) is 2. The second-order valence-electron chi connectivity index (χ2n) is 5.62. The molecule has 2 aliphatic rings. The second-order valence-corrected chi connectivity index (χ2v) is 8.34. The van der Waals surface area contributed by atoms with E-state index in [1.54, 1.807) is 0 Å². The van der Waals surface area contributed by atoms with Crippen molar-refractivity contribution < 1.29 is 4.79 Å². The maximum atomic E-state index is 12.2. The molecule has 2 aliphatic heterocycles. The SMILES string of the molecule is O=C(NCC1CCCNC1)c1ccc(C2SCCS2)cc1. The minimum absolute atomic E-state index is 0.0545. The van der Waals surface area contributed by atoms with Gasteiger partial charge in [0, 0.05) is 23.6 Å². The third kappa shape index (κ3) is 4.18. The summed E-state index contributed by atoms with van der Waals surface area (Å²) in [6.45, 7) is 2.92. The summed E-state index contributed by atoms with van der Waals surface area (Å²) < 4.78 is 0.551. The van der Waals surface area contributed by atoms with Crippen molar-refractivity contribution in [3.63, 3.8) is 0 Å². The van der Waals surface area contributed by atoms with Crippen LogP contribution in [0.2, 0.25) is 0 Å². The van der Waals surface area contributed by atoms with E-state index in [0.29, 0.717) is 10.5 Å². The molecule has 0 bridgehead atoms. The number of hydrogen-bond acceptors (Lipinski definition) is 4. The zero-order valence-electron chi connectivity index (χ0n) is 12.1. The van der Waals surface area contributed by atoms with E-state index < -0.39 is 0 Å². The van der Waals surface area contributed by atoms with Crippen molar-refractivity contribution in [2.75, 3.05) is 31.1 Å². The van der Waals surface area contributed by atoms with Gasteiger partial charge in [-0.3, -0.25) is 4.79 Å². The molecule has 1 aromatic carbocycles. The van der Waals surface area contributed by atoms with Gasteiger partial charge in [-0.05, 0) is 49.5 Å². The summed E-state index contributed by atoms with van der Waals surface area (Å²) >= 11 is 3.99. The summed E-state index contributed by atoms with van der Waals surface area (Å²) in [7, 11) is 0. The first-order chi connectivity index (χ1) is 10.3. The number of amides is 1. The third-order valence-corrected chi connectivity index (χ3v) is 7.12. The highest BCUT2D eigenvalue weighted by Gasteiger charge is 2.19. The van der Waals surface area contributed by atoms with E-state index in [-0.39, 0.29) is 5.91 Å². The number of carbonyl (C=O) groups is 1. The number of carbonyl (C=O) groups excluding carboxylic acids is 1. The zero-order valence-corrected chi connectivity index (χ0v) is 13.8. The summed E-state index contributed by atoms with van der Waals surface area (Å²) in [5.41, 5.74) is 2.10. The molecule has 3 rings (SSSR count). The van der Waals surface area contributed by atoms with Crippen molar-refractivity contribution in [3.8, 4) is 0 Å². The summed E-state index contributed by atoms with van der Waals surface area (Å²) in [4.78, 5) is 12.2. The van der Waals surface area contributed by atoms with E-state index in [2.05, 4.69) is 22.8 Å². The zero-order chi connectivity index (χ0) is 14.5. The lowest BCUT2D eigenvalue weighted by Gasteiger charge is -2.22. The van der Waals surface area contributed by atoms with Crippen molar-refractivity contribution in [2.45, 2.75) is 17.4 Å². The van der Waals surface area contributed by atoms with Crippen molar-refractivity contribution in [3.05, 3.63) is 35.4 Å². The predicted octanol–water partition coefficient (Wildman–Crippen LogP) is 2.89. The Bertz CT molecular complexity index is 466. The van der Waals surface area contributed by atoms with Crippen LogP contribution in [-0.2, 0) is 0 Å². The Morgan fingerprint density at radius 3 is 2.67 bits per heavy atom. The van der Waals surface area contributed by atoms with E-state index in [4.69, 9.17) is 0 Å². The van der Waals surface area contributed by atoms with Crippen LogP contribution in [0.5, 0.6) is 0 Å². The van der Waals surface area contributed by atoms with E-state index in [9.17, 15) is 4.79 Å². The lowest BCUT2D eigenvalue weighted by Crippen LogP contribution is -2.38. The highest BCUT2D eigenvalue weighted by molar-refractivity contribution is 8.19. The lowest BCUT2D eigenvalue weighted by molar-refractivity contribution is 0.0945. The first kappa shape index (κ1) is 15.3. The van der Waals surface area contributed by atoms with Crippen molar-refractivity contribution >= 4 is 29.4 Å². The molecule has 1 atom stereocenters. The van der Waals surface area contributed by atoms with Crippen LogP contribution < -0.4 is 10.6 Å². The van der Waals surface area contributed by atoms with E-state index in [0.717, 1.165) is 25.2 Å². The van der Waals surface area contributed by atoms with Gasteiger partial charge in [0.1, 0.15) is 0 Å². The monoisotopic (exact) mass is 322 g/mol. The Morgan fingerprint density at radius 2 is 2.00 bits per heavy atom. The average Bonchev–Trinajstić information content (AvgIpc) is 3.08. The average molecular weight is 322 g/mol. The van der Waals surface area contributed by atoms with Crippen LogP contribution in [0.1, 0.15) is 33.3 Å². The summed E-state index contributed by atoms with van der Waals surface area (Å²) in [6, 6.07) is 8.13. The fraction of sp³-hybridized carbons (Fsp3) is 0.562. The van der Waals surface area contributed by atoms with Gasteiger partial charge in [-0.2, -0.15) is 0 Å². The van der Waals surface area contributed by atoms with Gasteiger partial charge in [0.2, 0.25) is 0 Å². The second kappa shape index (κ2) is 7.56. The van der Waals surface area contributed by atoms with Gasteiger partial charge in [0.15, 0.2) is 0 Å². The number of rotatable bonds is 4. The molecule has 0 aliphatic carbocycles. The maximum absolute atomic E-state index is 12.2. The van der Waals surface area contributed by atoms with Gasteiger partial charge in [-0.1, -0.05) is 12.1 Å². The van der Waals surface area contributed by atoms with Gasteiger partial charge >= 0.3 is 0 Å². The molecule has 2 fully saturated rings. The number of piperidine rings is 1. The van der Waals surface area contributed by atoms with Gasteiger partial charge in [-0.15, -0.1) is 23.5 Å². The van der Waals surface area contributed by atoms with Gasteiger partial charge in [0.05, 0.1) is 4.58 Å². The fourth-order valence-electron chi connectivity index (χ4n) is 2.78. The quantitative estimate of drug-likeness (QED) is 0.894. The standard InChI is InChI=1S/C16H22N2OS2/c19-15(18-11-12-2-1-7-17-10-12)13-3-5-14(6-4-13)16-20-8-9-21-16/h3-6,12,16-17H,1-2,7-11H2,(H,18,19). The number of benzene rings is 1. The molecule has 0 radical (unpaired) electrons. The van der Waals surface area contributed by atoms with Crippen LogP contribution in [-0.4, -0.2) is 37.0 Å². The third-order valence-electron chi connectivity index (χ3n) is 4.02. The number of nitrogens with one attached hydrogen (secondary N) is 2. The molecule has 21 heavy (non-hydrogen) atoms. The molecule has 3 nitrogen and oxygen atoms in total. The molecule has 1 aromatic rings. The van der Waals surface area contributed by atoms with Gasteiger partial charge < -0.3 is 10.6 Å². The van der Waals surface area contributed by atoms with Crippen LogP contribution >= 0.6 is 23.5 Å². The molecule has 2 heterocycles. The van der Waals surface area contributed by atoms with Crippen LogP contribution in [0, 0.1) is 5.92 Å². The van der Waals surface area contributed by atoms with Crippen LogP contribution in [0.4, 0.5) is 0 Å². The van der Waals surface area contributed by atoms with Crippen molar-refractivity contribution in [1.82, 2.24) is 10.6 Å². The van der Waals surface area contributed by atoms with E-state index >= 15 is 0 Å². The summed E-state index contributed by atoms with van der Waals surface area (Å²) in [5, 5.41) is 6.45. The Hall–Kier alpha value is -0.650. The smallest absolute Gasteiger partial charge is 0.251 e. The van der Waals surface area contributed by atoms with Crippen LogP contribution in [0.15, 0.2) is 24.3 Å². The van der Waals surface area contributed by atoms with Gasteiger partial charge in [-0.25, -0.2) is 0 Å². The Balaban J connectivity index is 1.52. The molecular weight excluding hydrogens is 300 g/mol. The van der Waals surface area contributed by atoms with Gasteiger partial charge in [0.25, 0.3) is 5.91 Å². The molecule has 1 unspecified atom stereocenters. The Kier molecular flexibility index (Phi) is 5.49. The normalized spacial score (nSPS) is 23.1. The lowest BCUT2D eigenvalue weighted by atomic mass is 9.99. The Morgan fingerprint density at radius 1 is 1.24 bits per heavy atom. The Labute approximate surface area is 135 Å². The first-order valence-corrected chi connectivity index (χ1v) is 9.75. The molecule has 1 amide bonds. The van der Waals surface area contributed by atoms with E-state index in [1.807, 2.05) is 35.7 Å². The topological polar surface area (TPSA) is 41.1 Å². The fourth-order valence-corrected chi connectivity index (χ4v) is 5.64. The van der Waals surface area contributed by atoms with Crippen LogP contribution in [0.3, 0.4) is 0 Å². The first-order valence-electron chi connectivity index (χ1n) is 7.65. The van der Waals surface area contributed by atoms with Crippen molar-refractivity contribution in [2.24, 2.45) is 5.92 Å². The molecule has 0 saturated carbocycles. The molecule has 2 N–H and O–H groups in total. The van der Waals surface area contributed by atoms with Crippen molar-refractivity contribution in [1.29, 1.82) is 0 Å². The summed E-state index contributed by atoms with van der Waals surface area (Å²) in [6.07, 6.45) is 2.42. The molecule has 114 valence electrons. The molecule has 2 saturated heterocycles. The number of thioether (sulfide) groups is 2. The minimum Gasteiger partial charge on any atom is -0.352 e. The maximum Gasteiger partial charge on any atom is 0.251 e. The predicted molar refractivity (Wildman–Crippen MR) is 92.0 cm³/mol. The molecule has 0 spiro atoms. The largest absolute Gasteiger partial charge is 0.352 e. The van der Waals surface area contributed by atoms with Crippen LogP contribution in [0.25, 0.3) is 0 Å². The summed E-state index contributed by atoms with van der Waals surface area (Å²) in [5.74, 6) is 3.09. The minimum atomic E-state index is 0.0545. The highest BCUT2D eigenvalue weighted by atomic mass is 32.2. The van der Waals surface area contributed by atoms with E-state index in [1.165, 1.54) is 29.9 Å². The highest BCUT2D eigenvalue weighted by Crippen LogP contribution is 2.45. The molecule has 5 heteroatoms. The molecular formula is C16H22N2OS2. The molecule has 0 aromatic heterocycles.